The second-order valence-electron chi connectivity index (χ2n) is 6.60. The van der Waals surface area contributed by atoms with E-state index in [9.17, 15) is 14.4 Å². The van der Waals surface area contributed by atoms with Crippen LogP contribution in [0.15, 0.2) is 24.3 Å². The number of benzene rings is 1. The average molecular weight is 360 g/mol. The number of nitrogens with two attached hydrogens (primary N) is 1. The summed E-state index contributed by atoms with van der Waals surface area (Å²) < 4.78 is 0. The summed E-state index contributed by atoms with van der Waals surface area (Å²) in [6, 6.07) is 7.30. The standard InChI is InChI=1S/C19H28N4O3/c1-14(24)21-12-15-5-7-16(8-6-15)19(26)23-11-3-2-4-17(23)13-22-18(25)9-10-20/h5-8,17H,2-4,9-13,20H2,1H3,(H,21,24)(H,22,25). The van der Waals surface area contributed by atoms with Crippen LogP contribution in [0.5, 0.6) is 0 Å². The van der Waals surface area contributed by atoms with Crippen molar-refractivity contribution in [1.82, 2.24) is 15.5 Å². The molecular formula is C19H28N4O3. The average Bonchev–Trinajstić information content (AvgIpc) is 2.65. The molecule has 0 aliphatic carbocycles. The van der Waals surface area contributed by atoms with Gasteiger partial charge in [0.1, 0.15) is 0 Å². The third kappa shape index (κ3) is 5.84. The zero-order valence-electron chi connectivity index (χ0n) is 15.3. The maximum Gasteiger partial charge on any atom is 0.254 e. The van der Waals surface area contributed by atoms with Gasteiger partial charge in [0.2, 0.25) is 11.8 Å². The molecule has 4 N–H and O–H groups in total. The fourth-order valence-electron chi connectivity index (χ4n) is 3.09. The van der Waals surface area contributed by atoms with E-state index in [4.69, 9.17) is 5.73 Å². The Morgan fingerprint density at radius 3 is 2.54 bits per heavy atom. The molecular weight excluding hydrogens is 332 g/mol. The molecule has 1 aromatic rings. The second kappa shape index (κ2) is 9.91. The summed E-state index contributed by atoms with van der Waals surface area (Å²) in [5, 5.41) is 5.61. The topological polar surface area (TPSA) is 105 Å². The van der Waals surface area contributed by atoms with Gasteiger partial charge < -0.3 is 21.3 Å². The lowest BCUT2D eigenvalue weighted by molar-refractivity contribution is -0.121. The predicted octanol–water partition coefficient (Wildman–Crippen LogP) is 0.782. The lowest BCUT2D eigenvalue weighted by atomic mass is 10.00. The van der Waals surface area contributed by atoms with Crippen LogP contribution < -0.4 is 16.4 Å². The Bertz CT molecular complexity index is 630. The first-order chi connectivity index (χ1) is 12.5. The molecule has 1 heterocycles. The number of amides is 3. The van der Waals surface area contributed by atoms with E-state index in [1.54, 1.807) is 12.1 Å². The van der Waals surface area contributed by atoms with Crippen LogP contribution in [-0.4, -0.2) is 48.3 Å². The van der Waals surface area contributed by atoms with Gasteiger partial charge in [-0.1, -0.05) is 12.1 Å². The second-order valence-corrected chi connectivity index (χ2v) is 6.60. The SMILES string of the molecule is CC(=O)NCc1ccc(C(=O)N2CCCCC2CNC(=O)CCN)cc1. The van der Waals surface area contributed by atoms with E-state index in [0.29, 0.717) is 38.2 Å². The Kier molecular flexibility index (Phi) is 7.59. The van der Waals surface area contributed by atoms with E-state index in [2.05, 4.69) is 10.6 Å². The quantitative estimate of drug-likeness (QED) is 0.668. The zero-order valence-corrected chi connectivity index (χ0v) is 15.3. The van der Waals surface area contributed by atoms with Gasteiger partial charge in [-0.3, -0.25) is 14.4 Å². The van der Waals surface area contributed by atoms with Crippen molar-refractivity contribution in [2.75, 3.05) is 19.6 Å². The van der Waals surface area contributed by atoms with E-state index < -0.39 is 0 Å². The molecule has 1 fully saturated rings. The highest BCUT2D eigenvalue weighted by Crippen LogP contribution is 2.19. The molecule has 1 aliphatic rings. The van der Waals surface area contributed by atoms with E-state index in [0.717, 1.165) is 24.8 Å². The number of carbonyl (C=O) groups is 3. The Hall–Kier alpha value is -2.41. The van der Waals surface area contributed by atoms with Gasteiger partial charge >= 0.3 is 0 Å². The molecule has 26 heavy (non-hydrogen) atoms. The van der Waals surface area contributed by atoms with Crippen molar-refractivity contribution in [3.8, 4) is 0 Å². The van der Waals surface area contributed by atoms with Crippen LogP contribution in [0.1, 0.15) is 48.5 Å². The highest BCUT2D eigenvalue weighted by Gasteiger charge is 2.27. The molecule has 142 valence electrons. The van der Waals surface area contributed by atoms with E-state index >= 15 is 0 Å². The lowest BCUT2D eigenvalue weighted by Gasteiger charge is -2.36. The molecule has 7 heteroatoms. The van der Waals surface area contributed by atoms with Crippen molar-refractivity contribution in [2.24, 2.45) is 5.73 Å². The van der Waals surface area contributed by atoms with Gasteiger partial charge in [0.05, 0.1) is 0 Å². The first-order valence-corrected chi connectivity index (χ1v) is 9.12. The number of hydrogen-bond donors (Lipinski definition) is 3. The van der Waals surface area contributed by atoms with Gasteiger partial charge in [0.15, 0.2) is 0 Å². The minimum atomic E-state index is -0.0852. The number of rotatable bonds is 7. The molecule has 1 unspecified atom stereocenters. The van der Waals surface area contributed by atoms with Crippen molar-refractivity contribution in [1.29, 1.82) is 0 Å². The first-order valence-electron chi connectivity index (χ1n) is 9.12. The van der Waals surface area contributed by atoms with E-state index in [-0.39, 0.29) is 23.8 Å². The highest BCUT2D eigenvalue weighted by molar-refractivity contribution is 5.94. The molecule has 0 saturated carbocycles. The molecule has 3 amide bonds. The van der Waals surface area contributed by atoms with Crippen molar-refractivity contribution >= 4 is 17.7 Å². The first kappa shape index (κ1) is 19.9. The number of carbonyl (C=O) groups excluding carboxylic acids is 3. The molecule has 1 saturated heterocycles. The summed E-state index contributed by atoms with van der Waals surface area (Å²) in [5.41, 5.74) is 6.96. The predicted molar refractivity (Wildman–Crippen MR) is 99.3 cm³/mol. The van der Waals surface area contributed by atoms with Crippen molar-refractivity contribution in [3.05, 3.63) is 35.4 Å². The normalized spacial score (nSPS) is 16.8. The van der Waals surface area contributed by atoms with Gasteiger partial charge in [-0.15, -0.1) is 0 Å². The summed E-state index contributed by atoms with van der Waals surface area (Å²) in [7, 11) is 0. The van der Waals surface area contributed by atoms with Crippen molar-refractivity contribution in [3.63, 3.8) is 0 Å². The number of likely N-dealkylation sites (tertiary alicyclic amines) is 1. The highest BCUT2D eigenvalue weighted by atomic mass is 16.2. The summed E-state index contributed by atoms with van der Waals surface area (Å²) in [6.45, 7) is 3.41. The number of nitrogens with one attached hydrogen (secondary N) is 2. The van der Waals surface area contributed by atoms with Gasteiger partial charge in [0.25, 0.3) is 5.91 Å². The van der Waals surface area contributed by atoms with Crippen LogP contribution in [0, 0.1) is 0 Å². The molecule has 0 radical (unpaired) electrons. The Labute approximate surface area is 154 Å². The molecule has 1 aliphatic heterocycles. The third-order valence-electron chi connectivity index (χ3n) is 4.54. The van der Waals surface area contributed by atoms with Crippen LogP contribution in [0.2, 0.25) is 0 Å². The van der Waals surface area contributed by atoms with E-state index in [1.807, 2.05) is 17.0 Å². The fraction of sp³-hybridized carbons (Fsp3) is 0.526. The summed E-state index contributed by atoms with van der Waals surface area (Å²) in [4.78, 5) is 37.4. The zero-order chi connectivity index (χ0) is 18.9. The number of hydrogen-bond acceptors (Lipinski definition) is 4. The Morgan fingerprint density at radius 2 is 1.88 bits per heavy atom. The van der Waals surface area contributed by atoms with Crippen LogP contribution in [0.25, 0.3) is 0 Å². The number of nitrogens with zero attached hydrogens (tertiary/aromatic N) is 1. The van der Waals surface area contributed by atoms with Gasteiger partial charge in [-0.2, -0.15) is 0 Å². The largest absolute Gasteiger partial charge is 0.354 e. The van der Waals surface area contributed by atoms with E-state index in [1.165, 1.54) is 6.92 Å². The lowest BCUT2D eigenvalue weighted by Crippen LogP contribution is -2.49. The van der Waals surface area contributed by atoms with Crippen LogP contribution >= 0.6 is 0 Å². The summed E-state index contributed by atoms with van der Waals surface area (Å²) in [5.74, 6) is -0.181. The molecule has 0 spiro atoms. The Balaban J connectivity index is 1.98. The smallest absolute Gasteiger partial charge is 0.254 e. The Morgan fingerprint density at radius 1 is 1.15 bits per heavy atom. The maximum absolute atomic E-state index is 12.9. The van der Waals surface area contributed by atoms with Crippen LogP contribution in [0.4, 0.5) is 0 Å². The summed E-state index contributed by atoms with van der Waals surface area (Å²) in [6.07, 6.45) is 3.21. The van der Waals surface area contributed by atoms with Gasteiger partial charge in [-0.25, -0.2) is 0 Å². The van der Waals surface area contributed by atoms with Crippen molar-refractivity contribution < 1.29 is 14.4 Å². The van der Waals surface area contributed by atoms with Gasteiger partial charge in [0, 0.05) is 51.1 Å². The van der Waals surface area contributed by atoms with Gasteiger partial charge in [-0.05, 0) is 37.0 Å². The van der Waals surface area contributed by atoms with Crippen molar-refractivity contribution in [2.45, 2.75) is 45.2 Å². The summed E-state index contributed by atoms with van der Waals surface area (Å²) >= 11 is 0. The maximum atomic E-state index is 12.9. The molecule has 7 nitrogen and oxygen atoms in total. The van der Waals surface area contributed by atoms with Crippen LogP contribution in [0.3, 0.4) is 0 Å². The third-order valence-corrected chi connectivity index (χ3v) is 4.54. The molecule has 0 aromatic heterocycles. The molecule has 1 aromatic carbocycles. The minimum Gasteiger partial charge on any atom is -0.354 e. The molecule has 2 rings (SSSR count). The van der Waals surface area contributed by atoms with Crippen LogP contribution in [-0.2, 0) is 16.1 Å². The molecule has 0 bridgehead atoms. The minimum absolute atomic E-state index is 0.0111. The monoisotopic (exact) mass is 360 g/mol. The molecule has 1 atom stereocenters. The fourth-order valence-corrected chi connectivity index (χ4v) is 3.09. The number of piperidine rings is 1.